The van der Waals surface area contributed by atoms with Crippen molar-refractivity contribution in [1.82, 2.24) is 5.32 Å². The van der Waals surface area contributed by atoms with E-state index in [1.54, 1.807) is 30.3 Å². The standard InChI is InChI=1S/C22H25N3O7S/c1-33(28,29)25(15-8-9-19-20(11-15)32-14-31-19)13-21(26)24-18-7-3-2-6-17(18)22(27)23-12-16-5-4-10-30-16/h2-3,6-9,11,16H,4-5,10,12-14H2,1H3,(H,23,27)(H,24,26)/t16-/m1/s1. The number of para-hydroxylation sites is 1. The van der Waals surface area contributed by atoms with Gasteiger partial charge in [0, 0.05) is 19.2 Å². The summed E-state index contributed by atoms with van der Waals surface area (Å²) in [7, 11) is -3.78. The molecular weight excluding hydrogens is 450 g/mol. The first-order valence-corrected chi connectivity index (χ1v) is 12.3. The van der Waals surface area contributed by atoms with Crippen LogP contribution in [0, 0.1) is 0 Å². The molecule has 2 aliphatic rings. The average molecular weight is 476 g/mol. The van der Waals surface area contributed by atoms with E-state index in [1.165, 1.54) is 12.1 Å². The number of hydrogen-bond acceptors (Lipinski definition) is 7. The number of hydrogen-bond donors (Lipinski definition) is 2. The maximum Gasteiger partial charge on any atom is 0.253 e. The summed E-state index contributed by atoms with van der Waals surface area (Å²) in [6.07, 6.45) is 2.85. The molecule has 0 unspecified atom stereocenters. The van der Waals surface area contributed by atoms with Crippen LogP contribution < -0.4 is 24.4 Å². The van der Waals surface area contributed by atoms with Crippen LogP contribution >= 0.6 is 0 Å². The van der Waals surface area contributed by atoms with E-state index in [1.807, 2.05) is 0 Å². The second-order valence-electron chi connectivity index (χ2n) is 7.75. The summed E-state index contributed by atoms with van der Waals surface area (Å²) in [6, 6.07) is 11.2. The Balaban J connectivity index is 1.46. The van der Waals surface area contributed by atoms with E-state index in [0.29, 0.717) is 24.7 Å². The van der Waals surface area contributed by atoms with E-state index in [2.05, 4.69) is 10.6 Å². The maximum atomic E-state index is 12.8. The Bertz CT molecular complexity index is 1150. The number of amides is 2. The Kier molecular flexibility index (Phi) is 6.70. The molecule has 0 saturated carbocycles. The number of carbonyl (C=O) groups excluding carboxylic acids is 2. The lowest BCUT2D eigenvalue weighted by Gasteiger charge is -2.22. The molecule has 10 nitrogen and oxygen atoms in total. The molecule has 1 saturated heterocycles. The third-order valence-corrected chi connectivity index (χ3v) is 6.43. The highest BCUT2D eigenvalue weighted by molar-refractivity contribution is 7.92. The lowest BCUT2D eigenvalue weighted by molar-refractivity contribution is -0.114. The topological polar surface area (TPSA) is 123 Å². The second kappa shape index (κ2) is 9.67. The number of ether oxygens (including phenoxy) is 3. The summed E-state index contributed by atoms with van der Waals surface area (Å²) >= 11 is 0. The number of benzene rings is 2. The normalized spacial score (nSPS) is 16.9. The molecule has 1 fully saturated rings. The Hall–Kier alpha value is -3.31. The number of nitrogens with one attached hydrogen (secondary N) is 2. The van der Waals surface area contributed by atoms with Crippen molar-refractivity contribution in [2.75, 3.05) is 42.4 Å². The van der Waals surface area contributed by atoms with Gasteiger partial charge in [-0.1, -0.05) is 12.1 Å². The fraction of sp³-hybridized carbons (Fsp3) is 0.364. The molecule has 1 atom stereocenters. The van der Waals surface area contributed by atoms with Gasteiger partial charge in [0.1, 0.15) is 6.54 Å². The van der Waals surface area contributed by atoms with Crippen LogP contribution in [0.15, 0.2) is 42.5 Å². The number of nitrogens with zero attached hydrogens (tertiary/aromatic N) is 1. The minimum absolute atomic E-state index is 0.0132. The zero-order chi connectivity index (χ0) is 23.4. The summed E-state index contributed by atoms with van der Waals surface area (Å²) in [5.74, 6) is -0.0518. The molecule has 0 aliphatic carbocycles. The van der Waals surface area contributed by atoms with Gasteiger partial charge < -0.3 is 24.8 Å². The monoisotopic (exact) mass is 475 g/mol. The lowest BCUT2D eigenvalue weighted by Crippen LogP contribution is -2.38. The van der Waals surface area contributed by atoms with E-state index < -0.39 is 22.5 Å². The highest BCUT2D eigenvalue weighted by Crippen LogP contribution is 2.36. The summed E-state index contributed by atoms with van der Waals surface area (Å²) in [4.78, 5) is 25.5. The fourth-order valence-electron chi connectivity index (χ4n) is 3.66. The van der Waals surface area contributed by atoms with Gasteiger partial charge in [-0.05, 0) is 37.1 Å². The Labute approximate surface area is 191 Å². The minimum atomic E-state index is -3.78. The van der Waals surface area contributed by atoms with Crippen LogP contribution in [0.2, 0.25) is 0 Å². The van der Waals surface area contributed by atoms with Crippen LogP contribution in [0.3, 0.4) is 0 Å². The SMILES string of the molecule is CS(=O)(=O)N(CC(=O)Nc1ccccc1C(=O)NC[C@H]1CCCO1)c1ccc2c(c1)OCO2. The Morgan fingerprint density at radius 1 is 1.12 bits per heavy atom. The van der Waals surface area contributed by atoms with E-state index in [4.69, 9.17) is 14.2 Å². The van der Waals surface area contributed by atoms with Crippen molar-refractivity contribution in [2.45, 2.75) is 18.9 Å². The second-order valence-corrected chi connectivity index (χ2v) is 9.65. The third-order valence-electron chi connectivity index (χ3n) is 5.29. The first kappa shape index (κ1) is 22.9. The van der Waals surface area contributed by atoms with Crippen molar-refractivity contribution >= 4 is 33.2 Å². The van der Waals surface area contributed by atoms with E-state index in [9.17, 15) is 18.0 Å². The highest BCUT2D eigenvalue weighted by atomic mass is 32.2. The van der Waals surface area contributed by atoms with Gasteiger partial charge in [-0.3, -0.25) is 13.9 Å². The van der Waals surface area contributed by atoms with Crippen molar-refractivity contribution < 1.29 is 32.2 Å². The number of rotatable bonds is 8. The molecule has 2 N–H and O–H groups in total. The number of fused-ring (bicyclic) bond motifs is 1. The summed E-state index contributed by atoms with van der Waals surface area (Å²) in [5.41, 5.74) is 0.823. The molecule has 2 aromatic rings. The van der Waals surface area contributed by atoms with Gasteiger partial charge in [-0.2, -0.15) is 0 Å². The van der Waals surface area contributed by atoms with Gasteiger partial charge in [0.15, 0.2) is 11.5 Å². The average Bonchev–Trinajstić information content (AvgIpc) is 3.47. The summed E-state index contributed by atoms with van der Waals surface area (Å²) in [6.45, 7) is 0.634. The van der Waals surface area contributed by atoms with E-state index >= 15 is 0 Å². The Morgan fingerprint density at radius 2 is 1.91 bits per heavy atom. The zero-order valence-corrected chi connectivity index (χ0v) is 18.9. The molecule has 2 aliphatic heterocycles. The van der Waals surface area contributed by atoms with E-state index in [-0.39, 0.29) is 35.7 Å². The molecular formula is C22H25N3O7S. The lowest BCUT2D eigenvalue weighted by atomic mass is 10.1. The van der Waals surface area contributed by atoms with Crippen LogP contribution in [-0.4, -0.2) is 59.1 Å². The van der Waals surface area contributed by atoms with Crippen LogP contribution in [0.1, 0.15) is 23.2 Å². The summed E-state index contributed by atoms with van der Waals surface area (Å²) in [5, 5.41) is 5.47. The first-order chi connectivity index (χ1) is 15.8. The largest absolute Gasteiger partial charge is 0.454 e. The maximum absolute atomic E-state index is 12.8. The number of carbonyl (C=O) groups is 2. The number of anilines is 2. The van der Waals surface area contributed by atoms with Crippen LogP contribution in [0.5, 0.6) is 11.5 Å². The predicted octanol–water partition coefficient (Wildman–Crippen LogP) is 1.73. The molecule has 2 aromatic carbocycles. The van der Waals surface area contributed by atoms with Crippen molar-refractivity contribution in [3.8, 4) is 11.5 Å². The zero-order valence-electron chi connectivity index (χ0n) is 18.1. The molecule has 2 heterocycles. The quantitative estimate of drug-likeness (QED) is 0.596. The smallest absolute Gasteiger partial charge is 0.253 e. The van der Waals surface area contributed by atoms with Crippen molar-refractivity contribution in [3.63, 3.8) is 0 Å². The first-order valence-electron chi connectivity index (χ1n) is 10.5. The van der Waals surface area contributed by atoms with E-state index in [0.717, 1.165) is 23.4 Å². The van der Waals surface area contributed by atoms with Crippen molar-refractivity contribution in [3.05, 3.63) is 48.0 Å². The molecule has 0 spiro atoms. The van der Waals surface area contributed by atoms with Crippen LogP contribution in [0.4, 0.5) is 11.4 Å². The fourth-order valence-corrected chi connectivity index (χ4v) is 4.51. The van der Waals surface area contributed by atoms with Crippen molar-refractivity contribution in [2.24, 2.45) is 0 Å². The summed E-state index contributed by atoms with van der Waals surface area (Å²) < 4.78 is 41.8. The molecule has 2 amide bonds. The van der Waals surface area contributed by atoms with Crippen LogP contribution in [-0.2, 0) is 19.6 Å². The molecule has 4 rings (SSSR count). The minimum Gasteiger partial charge on any atom is -0.454 e. The molecule has 0 radical (unpaired) electrons. The van der Waals surface area contributed by atoms with Gasteiger partial charge in [-0.15, -0.1) is 0 Å². The Morgan fingerprint density at radius 3 is 2.67 bits per heavy atom. The van der Waals surface area contributed by atoms with Gasteiger partial charge in [0.25, 0.3) is 5.91 Å². The molecule has 33 heavy (non-hydrogen) atoms. The van der Waals surface area contributed by atoms with Gasteiger partial charge >= 0.3 is 0 Å². The van der Waals surface area contributed by atoms with Gasteiger partial charge in [-0.25, -0.2) is 8.42 Å². The predicted molar refractivity (Wildman–Crippen MR) is 121 cm³/mol. The molecule has 11 heteroatoms. The highest BCUT2D eigenvalue weighted by Gasteiger charge is 2.25. The van der Waals surface area contributed by atoms with Gasteiger partial charge in [0.2, 0.25) is 22.7 Å². The third kappa shape index (κ3) is 5.55. The molecule has 176 valence electrons. The van der Waals surface area contributed by atoms with Crippen LogP contribution in [0.25, 0.3) is 0 Å². The molecule has 0 bridgehead atoms. The van der Waals surface area contributed by atoms with Crippen molar-refractivity contribution in [1.29, 1.82) is 0 Å². The number of sulfonamides is 1. The van der Waals surface area contributed by atoms with Gasteiger partial charge in [0.05, 0.1) is 29.3 Å². The molecule has 0 aromatic heterocycles.